The Labute approximate surface area is 74.5 Å². The standard InChI is InChI=1S/C11H18O/c1-6-5-10-11(6)8-3-4-9(12-10)7(8)2/h6-11H,3-5H2,1-2H3. The smallest absolute Gasteiger partial charge is 0.0615 e. The van der Waals surface area contributed by atoms with E-state index < -0.39 is 0 Å². The maximum Gasteiger partial charge on any atom is 0.0615 e. The van der Waals surface area contributed by atoms with Gasteiger partial charge in [-0.05, 0) is 42.9 Å². The average molecular weight is 166 g/mol. The fraction of sp³-hybridized carbons (Fsp3) is 1.00. The molecule has 68 valence electrons. The van der Waals surface area contributed by atoms with Crippen LogP contribution in [0, 0.1) is 23.7 Å². The molecular weight excluding hydrogens is 148 g/mol. The molecule has 0 N–H and O–H groups in total. The van der Waals surface area contributed by atoms with Crippen LogP contribution in [0.25, 0.3) is 0 Å². The summed E-state index contributed by atoms with van der Waals surface area (Å²) < 4.78 is 6.06. The summed E-state index contributed by atoms with van der Waals surface area (Å²) in [6.07, 6.45) is 5.41. The third kappa shape index (κ3) is 0.736. The Morgan fingerprint density at radius 3 is 2.67 bits per heavy atom. The molecule has 1 saturated heterocycles. The van der Waals surface area contributed by atoms with E-state index in [1.807, 2.05) is 0 Å². The van der Waals surface area contributed by atoms with Crippen molar-refractivity contribution in [2.24, 2.45) is 23.7 Å². The molecule has 0 aromatic rings. The molecule has 1 heteroatoms. The first-order chi connectivity index (χ1) is 5.77. The zero-order valence-corrected chi connectivity index (χ0v) is 7.99. The van der Waals surface area contributed by atoms with Crippen LogP contribution in [0.2, 0.25) is 0 Å². The van der Waals surface area contributed by atoms with Crippen LogP contribution in [0.3, 0.4) is 0 Å². The summed E-state index contributed by atoms with van der Waals surface area (Å²) in [6, 6.07) is 0. The Hall–Kier alpha value is -0.0400. The lowest BCUT2D eigenvalue weighted by Crippen LogP contribution is -2.52. The summed E-state index contributed by atoms with van der Waals surface area (Å²) in [6.45, 7) is 4.79. The van der Waals surface area contributed by atoms with Crippen molar-refractivity contribution in [2.45, 2.75) is 45.3 Å². The van der Waals surface area contributed by atoms with E-state index in [0.717, 1.165) is 23.7 Å². The van der Waals surface area contributed by atoms with E-state index in [9.17, 15) is 0 Å². The second-order valence-electron chi connectivity index (χ2n) is 5.10. The molecule has 3 aliphatic rings. The number of ether oxygens (including phenoxy) is 1. The third-order valence-corrected chi connectivity index (χ3v) is 4.58. The minimum absolute atomic E-state index is 0.628. The van der Waals surface area contributed by atoms with Crippen LogP contribution < -0.4 is 0 Å². The molecule has 0 radical (unpaired) electrons. The SMILES string of the molecule is CC1CC2OC3CCC(C3C)C12. The maximum atomic E-state index is 6.06. The second kappa shape index (κ2) is 2.25. The van der Waals surface area contributed by atoms with Gasteiger partial charge in [0.1, 0.15) is 0 Å². The van der Waals surface area contributed by atoms with Crippen molar-refractivity contribution < 1.29 is 4.74 Å². The molecule has 0 spiro atoms. The summed E-state index contributed by atoms with van der Waals surface area (Å²) in [7, 11) is 0. The van der Waals surface area contributed by atoms with Crippen molar-refractivity contribution in [3.8, 4) is 0 Å². The van der Waals surface area contributed by atoms with Gasteiger partial charge in [0.15, 0.2) is 0 Å². The lowest BCUT2D eigenvalue weighted by molar-refractivity contribution is -0.180. The van der Waals surface area contributed by atoms with Crippen LogP contribution in [-0.2, 0) is 4.74 Å². The largest absolute Gasteiger partial charge is 0.374 e. The van der Waals surface area contributed by atoms with Gasteiger partial charge in [-0.1, -0.05) is 13.8 Å². The molecular formula is C11H18O. The molecule has 0 aromatic carbocycles. The minimum atomic E-state index is 0.628. The van der Waals surface area contributed by atoms with Crippen molar-refractivity contribution in [2.75, 3.05) is 0 Å². The van der Waals surface area contributed by atoms with Crippen molar-refractivity contribution in [3.05, 3.63) is 0 Å². The Morgan fingerprint density at radius 1 is 1.08 bits per heavy atom. The van der Waals surface area contributed by atoms with Crippen LogP contribution in [0.15, 0.2) is 0 Å². The lowest BCUT2D eigenvalue weighted by atomic mass is 9.62. The number of hydrogen-bond donors (Lipinski definition) is 0. The number of rotatable bonds is 0. The zero-order valence-electron chi connectivity index (χ0n) is 7.99. The topological polar surface area (TPSA) is 9.23 Å². The van der Waals surface area contributed by atoms with Crippen LogP contribution >= 0.6 is 0 Å². The molecule has 6 atom stereocenters. The van der Waals surface area contributed by atoms with Gasteiger partial charge in [-0.25, -0.2) is 0 Å². The van der Waals surface area contributed by atoms with E-state index >= 15 is 0 Å². The Balaban J connectivity index is 1.87. The zero-order chi connectivity index (χ0) is 8.29. The van der Waals surface area contributed by atoms with Gasteiger partial charge >= 0.3 is 0 Å². The van der Waals surface area contributed by atoms with Gasteiger partial charge in [-0.2, -0.15) is 0 Å². The van der Waals surface area contributed by atoms with Gasteiger partial charge in [0, 0.05) is 0 Å². The lowest BCUT2D eigenvalue weighted by Gasteiger charge is -2.52. The highest BCUT2D eigenvalue weighted by atomic mass is 16.5. The Bertz CT molecular complexity index is 201. The third-order valence-electron chi connectivity index (χ3n) is 4.58. The molecule has 2 saturated carbocycles. The van der Waals surface area contributed by atoms with Crippen molar-refractivity contribution in [3.63, 3.8) is 0 Å². The summed E-state index contributed by atoms with van der Waals surface area (Å²) in [5.41, 5.74) is 0. The minimum Gasteiger partial charge on any atom is -0.374 e. The van der Waals surface area contributed by atoms with Crippen LogP contribution in [0.1, 0.15) is 33.1 Å². The van der Waals surface area contributed by atoms with Gasteiger partial charge < -0.3 is 4.74 Å². The van der Waals surface area contributed by atoms with Gasteiger partial charge in [-0.15, -0.1) is 0 Å². The molecule has 1 heterocycles. The molecule has 3 fully saturated rings. The quantitative estimate of drug-likeness (QED) is 0.537. The van der Waals surface area contributed by atoms with Gasteiger partial charge in [0.2, 0.25) is 0 Å². The predicted molar refractivity (Wildman–Crippen MR) is 47.8 cm³/mol. The predicted octanol–water partition coefficient (Wildman–Crippen LogP) is 2.46. The van der Waals surface area contributed by atoms with Crippen molar-refractivity contribution >= 4 is 0 Å². The first kappa shape index (κ1) is 7.37. The summed E-state index contributed by atoms with van der Waals surface area (Å²) in [4.78, 5) is 0. The maximum absolute atomic E-state index is 6.06. The van der Waals surface area contributed by atoms with Gasteiger partial charge in [0.05, 0.1) is 12.2 Å². The van der Waals surface area contributed by atoms with Crippen molar-refractivity contribution in [1.29, 1.82) is 0 Å². The molecule has 2 bridgehead atoms. The highest BCUT2D eigenvalue weighted by Crippen LogP contribution is 2.55. The molecule has 1 aliphatic heterocycles. The molecule has 0 amide bonds. The summed E-state index contributed by atoms with van der Waals surface area (Å²) in [5.74, 6) is 3.74. The normalized spacial score (nSPS) is 62.5. The monoisotopic (exact) mass is 166 g/mol. The number of hydrogen-bond acceptors (Lipinski definition) is 1. The van der Waals surface area contributed by atoms with Crippen LogP contribution in [0.4, 0.5) is 0 Å². The molecule has 12 heavy (non-hydrogen) atoms. The molecule has 0 aromatic heterocycles. The van der Waals surface area contributed by atoms with Gasteiger partial charge in [0.25, 0.3) is 0 Å². The van der Waals surface area contributed by atoms with Crippen molar-refractivity contribution in [1.82, 2.24) is 0 Å². The first-order valence-electron chi connectivity index (χ1n) is 5.43. The van der Waals surface area contributed by atoms with Crippen LogP contribution in [0.5, 0.6) is 0 Å². The van der Waals surface area contributed by atoms with E-state index in [1.54, 1.807) is 0 Å². The Kier molecular flexibility index (Phi) is 1.39. The van der Waals surface area contributed by atoms with E-state index in [1.165, 1.54) is 19.3 Å². The summed E-state index contributed by atoms with van der Waals surface area (Å²) >= 11 is 0. The van der Waals surface area contributed by atoms with E-state index in [2.05, 4.69) is 13.8 Å². The van der Waals surface area contributed by atoms with E-state index in [4.69, 9.17) is 4.74 Å². The van der Waals surface area contributed by atoms with E-state index in [-0.39, 0.29) is 0 Å². The molecule has 3 rings (SSSR count). The van der Waals surface area contributed by atoms with E-state index in [0.29, 0.717) is 12.2 Å². The second-order valence-corrected chi connectivity index (χ2v) is 5.10. The molecule has 1 nitrogen and oxygen atoms in total. The average Bonchev–Trinajstić information content (AvgIpc) is 2.32. The highest BCUT2D eigenvalue weighted by Gasteiger charge is 2.54. The van der Waals surface area contributed by atoms with Gasteiger partial charge in [-0.3, -0.25) is 0 Å². The summed E-state index contributed by atoms with van der Waals surface area (Å²) in [5, 5.41) is 0. The molecule has 2 aliphatic carbocycles. The van der Waals surface area contributed by atoms with Crippen LogP contribution in [-0.4, -0.2) is 12.2 Å². The first-order valence-corrected chi connectivity index (χ1v) is 5.43. The highest BCUT2D eigenvalue weighted by molar-refractivity contribution is 5.02. The fourth-order valence-electron chi connectivity index (χ4n) is 3.81. The Morgan fingerprint density at radius 2 is 1.92 bits per heavy atom. The molecule has 6 unspecified atom stereocenters. The number of fused-ring (bicyclic) bond motifs is 4. The fourth-order valence-corrected chi connectivity index (χ4v) is 3.81.